The highest BCUT2D eigenvalue weighted by atomic mass is 32.2. The standard InChI is InChI=1S/C21H18F3N5O3S/c1-27(2)33(31,32)17-8-3-5-14(9-17)12-28-13-25-19-18(20(28)30)11-26-29(19)16-7-4-6-15(10-16)21(22,23)24/h3-11,13H,12H2,1-2H3. The Morgan fingerprint density at radius 2 is 1.79 bits per heavy atom. The number of nitrogens with zero attached hydrogens (tertiary/aromatic N) is 5. The normalized spacial score (nSPS) is 12.5. The van der Waals surface area contributed by atoms with E-state index in [4.69, 9.17) is 0 Å². The van der Waals surface area contributed by atoms with Crippen molar-refractivity contribution >= 4 is 21.1 Å². The van der Waals surface area contributed by atoms with Gasteiger partial charge in [0.15, 0.2) is 5.65 Å². The van der Waals surface area contributed by atoms with Gasteiger partial charge in [0, 0.05) is 14.1 Å². The lowest BCUT2D eigenvalue weighted by molar-refractivity contribution is -0.137. The molecule has 0 spiro atoms. The third-order valence-electron chi connectivity index (χ3n) is 5.00. The average molecular weight is 477 g/mol. The molecule has 0 aliphatic heterocycles. The van der Waals surface area contributed by atoms with Crippen LogP contribution in [0, 0.1) is 0 Å². The van der Waals surface area contributed by atoms with Gasteiger partial charge in [-0.25, -0.2) is 22.4 Å². The molecule has 2 aromatic carbocycles. The number of fused-ring (bicyclic) bond motifs is 1. The van der Waals surface area contributed by atoms with E-state index in [1.165, 1.54) is 60.1 Å². The molecule has 0 unspecified atom stereocenters. The van der Waals surface area contributed by atoms with Crippen LogP contribution in [-0.2, 0) is 22.7 Å². The molecule has 8 nitrogen and oxygen atoms in total. The number of aromatic nitrogens is 4. The Hall–Kier alpha value is -3.51. The van der Waals surface area contributed by atoms with Crippen molar-refractivity contribution in [2.24, 2.45) is 0 Å². The third-order valence-corrected chi connectivity index (χ3v) is 6.81. The van der Waals surface area contributed by atoms with Crippen LogP contribution >= 0.6 is 0 Å². The molecular weight excluding hydrogens is 459 g/mol. The van der Waals surface area contributed by atoms with Crippen molar-refractivity contribution < 1.29 is 21.6 Å². The van der Waals surface area contributed by atoms with Gasteiger partial charge in [-0.15, -0.1) is 0 Å². The van der Waals surface area contributed by atoms with E-state index in [1.807, 2.05) is 0 Å². The topological polar surface area (TPSA) is 90.1 Å². The predicted octanol–water partition coefficient (Wildman–Crippen LogP) is 2.90. The molecule has 4 aromatic rings. The van der Waals surface area contributed by atoms with Gasteiger partial charge < -0.3 is 0 Å². The Labute approximate surface area is 186 Å². The summed E-state index contributed by atoms with van der Waals surface area (Å²) in [6.07, 6.45) is -2.02. The highest BCUT2D eigenvalue weighted by Crippen LogP contribution is 2.30. The molecule has 0 amide bonds. The molecule has 0 aliphatic rings. The second kappa shape index (κ2) is 8.12. The van der Waals surface area contributed by atoms with Gasteiger partial charge >= 0.3 is 6.18 Å². The Balaban J connectivity index is 1.71. The van der Waals surface area contributed by atoms with E-state index in [0.29, 0.717) is 5.56 Å². The zero-order valence-corrected chi connectivity index (χ0v) is 18.3. The Kier molecular flexibility index (Phi) is 5.58. The summed E-state index contributed by atoms with van der Waals surface area (Å²) in [6, 6.07) is 10.7. The number of alkyl halides is 3. The quantitative estimate of drug-likeness (QED) is 0.441. The van der Waals surface area contributed by atoms with E-state index in [1.54, 1.807) is 12.1 Å². The largest absolute Gasteiger partial charge is 0.416 e. The van der Waals surface area contributed by atoms with Gasteiger partial charge in [0.1, 0.15) is 11.7 Å². The predicted molar refractivity (Wildman–Crippen MR) is 115 cm³/mol. The first kappa shape index (κ1) is 22.7. The number of rotatable bonds is 5. The molecule has 0 saturated heterocycles. The molecule has 2 heterocycles. The van der Waals surface area contributed by atoms with Gasteiger partial charge in [0.05, 0.1) is 28.9 Å². The molecule has 172 valence electrons. The summed E-state index contributed by atoms with van der Waals surface area (Å²) in [5, 5.41) is 4.17. The first-order chi connectivity index (χ1) is 15.5. The summed E-state index contributed by atoms with van der Waals surface area (Å²) >= 11 is 0. The first-order valence-corrected chi connectivity index (χ1v) is 11.0. The highest BCUT2D eigenvalue weighted by Gasteiger charge is 2.30. The van der Waals surface area contributed by atoms with Crippen molar-refractivity contribution in [1.29, 1.82) is 0 Å². The molecule has 0 bridgehead atoms. The summed E-state index contributed by atoms with van der Waals surface area (Å²) in [5.74, 6) is 0. The number of halogens is 3. The molecule has 0 atom stereocenters. The minimum Gasteiger partial charge on any atom is -0.294 e. The second-order valence-electron chi connectivity index (χ2n) is 7.45. The van der Waals surface area contributed by atoms with Crippen LogP contribution in [0.25, 0.3) is 16.7 Å². The first-order valence-electron chi connectivity index (χ1n) is 9.61. The van der Waals surface area contributed by atoms with Gasteiger partial charge in [-0.2, -0.15) is 18.3 Å². The molecule has 33 heavy (non-hydrogen) atoms. The molecule has 0 fully saturated rings. The minimum absolute atomic E-state index is 0.0489. The maximum absolute atomic E-state index is 13.1. The van der Waals surface area contributed by atoms with E-state index in [0.717, 1.165) is 16.4 Å². The van der Waals surface area contributed by atoms with E-state index in [-0.39, 0.29) is 28.2 Å². The van der Waals surface area contributed by atoms with Crippen molar-refractivity contribution in [3.05, 3.63) is 82.5 Å². The molecule has 4 rings (SSSR count). The smallest absolute Gasteiger partial charge is 0.294 e. The van der Waals surface area contributed by atoms with Gasteiger partial charge in [-0.05, 0) is 35.9 Å². The summed E-state index contributed by atoms with van der Waals surface area (Å²) in [5.41, 5.74) is -0.513. The molecule has 12 heteroatoms. The summed E-state index contributed by atoms with van der Waals surface area (Å²) in [6.45, 7) is 0.0489. The molecule has 0 N–H and O–H groups in total. The minimum atomic E-state index is -4.52. The lowest BCUT2D eigenvalue weighted by Gasteiger charge is -2.13. The van der Waals surface area contributed by atoms with Crippen LogP contribution in [0.3, 0.4) is 0 Å². The van der Waals surface area contributed by atoms with Crippen molar-refractivity contribution in [3.8, 4) is 5.69 Å². The number of sulfonamides is 1. The van der Waals surface area contributed by atoms with Crippen molar-refractivity contribution in [3.63, 3.8) is 0 Å². The summed E-state index contributed by atoms with van der Waals surface area (Å²) in [4.78, 5) is 17.3. The van der Waals surface area contributed by atoms with Crippen LogP contribution < -0.4 is 5.56 Å². The SMILES string of the molecule is CN(C)S(=O)(=O)c1cccc(Cn2cnc3c(cnn3-c3cccc(C(F)(F)F)c3)c2=O)c1. The number of hydrogen-bond acceptors (Lipinski definition) is 5. The lowest BCUT2D eigenvalue weighted by atomic mass is 10.2. The fourth-order valence-electron chi connectivity index (χ4n) is 3.28. The van der Waals surface area contributed by atoms with Crippen LogP contribution in [0.15, 0.2) is 70.7 Å². The molecule has 0 radical (unpaired) electrons. The van der Waals surface area contributed by atoms with E-state index in [2.05, 4.69) is 10.1 Å². The van der Waals surface area contributed by atoms with Crippen LogP contribution in [0.2, 0.25) is 0 Å². The van der Waals surface area contributed by atoms with Crippen molar-refractivity contribution in [1.82, 2.24) is 23.6 Å². The Morgan fingerprint density at radius 3 is 2.48 bits per heavy atom. The Bertz CT molecular complexity index is 1510. The zero-order chi connectivity index (χ0) is 24.0. The maximum atomic E-state index is 13.1. The van der Waals surface area contributed by atoms with Gasteiger partial charge in [0.2, 0.25) is 10.0 Å². The highest BCUT2D eigenvalue weighted by molar-refractivity contribution is 7.89. The zero-order valence-electron chi connectivity index (χ0n) is 17.5. The Morgan fingerprint density at radius 1 is 1.06 bits per heavy atom. The molecule has 0 saturated carbocycles. The third kappa shape index (κ3) is 4.26. The molecule has 0 aliphatic carbocycles. The monoisotopic (exact) mass is 477 g/mol. The average Bonchev–Trinajstić information content (AvgIpc) is 3.20. The van der Waals surface area contributed by atoms with Crippen LogP contribution in [0.4, 0.5) is 13.2 Å². The van der Waals surface area contributed by atoms with Crippen molar-refractivity contribution in [2.45, 2.75) is 17.6 Å². The number of benzene rings is 2. The van der Waals surface area contributed by atoms with Gasteiger partial charge in [0.25, 0.3) is 5.56 Å². The summed E-state index contributed by atoms with van der Waals surface area (Å²) in [7, 11) is -0.795. The van der Waals surface area contributed by atoms with E-state index >= 15 is 0 Å². The second-order valence-corrected chi connectivity index (χ2v) is 9.61. The van der Waals surface area contributed by atoms with E-state index in [9.17, 15) is 26.4 Å². The van der Waals surface area contributed by atoms with Gasteiger partial charge in [-0.1, -0.05) is 18.2 Å². The fourth-order valence-corrected chi connectivity index (χ4v) is 4.25. The molecule has 2 aromatic heterocycles. The maximum Gasteiger partial charge on any atom is 0.416 e. The van der Waals surface area contributed by atoms with E-state index < -0.39 is 27.3 Å². The lowest BCUT2D eigenvalue weighted by Crippen LogP contribution is -2.23. The van der Waals surface area contributed by atoms with Crippen LogP contribution in [0.1, 0.15) is 11.1 Å². The summed E-state index contributed by atoms with van der Waals surface area (Å²) < 4.78 is 67.4. The number of hydrogen-bond donors (Lipinski definition) is 0. The van der Waals surface area contributed by atoms with Gasteiger partial charge in [-0.3, -0.25) is 9.36 Å². The fraction of sp³-hybridized carbons (Fsp3) is 0.190. The van der Waals surface area contributed by atoms with Crippen molar-refractivity contribution in [2.75, 3.05) is 14.1 Å². The molecular formula is C21H18F3N5O3S. The van der Waals surface area contributed by atoms with Crippen LogP contribution in [0.5, 0.6) is 0 Å². The van der Waals surface area contributed by atoms with Crippen LogP contribution in [-0.4, -0.2) is 46.1 Å².